The fourth-order valence-electron chi connectivity index (χ4n) is 2.35. The van der Waals surface area contributed by atoms with Crippen LogP contribution >= 0.6 is 0 Å². The quantitative estimate of drug-likeness (QED) is 0.642. The maximum atomic E-state index is 11.9. The summed E-state index contributed by atoms with van der Waals surface area (Å²) in [5, 5.41) is 19.1. The lowest BCUT2D eigenvalue weighted by Gasteiger charge is -2.26. The molecule has 0 aliphatic carbocycles. The predicted octanol–water partition coefficient (Wildman–Crippen LogP) is 2.72. The molecule has 1 amide bonds. The Balaban J connectivity index is 2.50. The van der Waals surface area contributed by atoms with Crippen molar-refractivity contribution in [2.24, 2.45) is 0 Å². The molecule has 1 rings (SSSR count). The van der Waals surface area contributed by atoms with Gasteiger partial charge in [-0.1, -0.05) is 26.7 Å². The average Bonchev–Trinajstić information content (AvgIpc) is 2.46. The molecule has 1 aromatic rings. The zero-order valence-corrected chi connectivity index (χ0v) is 12.6. The second kappa shape index (κ2) is 8.28. The first kappa shape index (κ1) is 17.0. The molecule has 3 N–H and O–H groups in total. The number of benzene rings is 1. The number of nitrogens with zero attached hydrogens (tertiary/aromatic N) is 1. The normalized spacial score (nSPS) is 10.8. The van der Waals surface area contributed by atoms with Crippen LogP contribution in [-0.4, -0.2) is 16.6 Å². The van der Waals surface area contributed by atoms with Crippen molar-refractivity contribution < 1.29 is 9.90 Å². The smallest absolute Gasteiger partial charge is 0.241 e. The van der Waals surface area contributed by atoms with Gasteiger partial charge in [-0.15, -0.1) is 0 Å². The number of rotatable bonds is 8. The van der Waals surface area contributed by atoms with E-state index in [-0.39, 0.29) is 12.3 Å². The van der Waals surface area contributed by atoms with Crippen molar-refractivity contribution in [1.29, 1.82) is 5.26 Å². The predicted molar refractivity (Wildman–Crippen MR) is 82.3 cm³/mol. The summed E-state index contributed by atoms with van der Waals surface area (Å²) < 4.78 is 0. The molecule has 0 aromatic heterocycles. The highest BCUT2D eigenvalue weighted by atomic mass is 16.3. The molecule has 0 aliphatic rings. The molecule has 0 unspecified atom stereocenters. The Morgan fingerprint density at radius 1 is 1.24 bits per heavy atom. The first-order valence-corrected chi connectivity index (χ1v) is 7.30. The van der Waals surface area contributed by atoms with E-state index in [1.165, 1.54) is 0 Å². The van der Waals surface area contributed by atoms with E-state index in [0.29, 0.717) is 24.1 Å². The summed E-state index contributed by atoms with van der Waals surface area (Å²) in [6, 6.07) is 8.78. The van der Waals surface area contributed by atoms with Crippen LogP contribution in [0, 0.1) is 11.3 Å². The van der Waals surface area contributed by atoms with Crippen LogP contribution in [0.1, 0.15) is 51.5 Å². The summed E-state index contributed by atoms with van der Waals surface area (Å²) in [5.41, 5.74) is 5.68. The van der Waals surface area contributed by atoms with Gasteiger partial charge >= 0.3 is 0 Å². The first-order valence-electron chi connectivity index (χ1n) is 7.30. The zero-order chi connectivity index (χ0) is 15.7. The number of carbonyl (C=O) groups is 1. The van der Waals surface area contributed by atoms with Gasteiger partial charge < -0.3 is 5.11 Å². The first-order chi connectivity index (χ1) is 10.0. The Hall–Kier alpha value is -2.06. The summed E-state index contributed by atoms with van der Waals surface area (Å²) >= 11 is 0. The van der Waals surface area contributed by atoms with Crippen LogP contribution in [0.25, 0.3) is 0 Å². The number of hydrogen-bond donors (Lipinski definition) is 3. The van der Waals surface area contributed by atoms with Crippen LogP contribution in [0.4, 0.5) is 5.69 Å². The van der Waals surface area contributed by atoms with Gasteiger partial charge in [0.2, 0.25) is 5.91 Å². The minimum Gasteiger partial charge on any atom is -0.389 e. The van der Waals surface area contributed by atoms with Crippen molar-refractivity contribution in [2.45, 2.75) is 51.6 Å². The van der Waals surface area contributed by atoms with Gasteiger partial charge in [0.1, 0.15) is 0 Å². The number of aliphatic hydroxyl groups is 1. The third-order valence-electron chi connectivity index (χ3n) is 3.28. The third-order valence-corrected chi connectivity index (χ3v) is 3.28. The van der Waals surface area contributed by atoms with E-state index in [1.807, 2.05) is 19.9 Å². The lowest BCUT2D eigenvalue weighted by molar-refractivity contribution is -0.126. The Morgan fingerprint density at radius 3 is 2.29 bits per heavy atom. The van der Waals surface area contributed by atoms with Crippen molar-refractivity contribution in [3.8, 4) is 6.07 Å². The fourth-order valence-corrected chi connectivity index (χ4v) is 2.35. The van der Waals surface area contributed by atoms with E-state index >= 15 is 0 Å². The van der Waals surface area contributed by atoms with Crippen molar-refractivity contribution in [3.63, 3.8) is 0 Å². The highest BCUT2D eigenvalue weighted by Crippen LogP contribution is 2.23. The van der Waals surface area contributed by atoms with Crippen LogP contribution in [0.2, 0.25) is 0 Å². The standard InChI is InChI=1S/C16H23N3O2/c1-3-9-16(21,10-4-2)11-15(20)19-18-14-7-5-13(12-17)6-8-14/h5-8,18,21H,3-4,9-11H2,1-2H3,(H,19,20). The topological polar surface area (TPSA) is 85.2 Å². The summed E-state index contributed by atoms with van der Waals surface area (Å²) in [6.45, 7) is 3.99. The second-order valence-corrected chi connectivity index (χ2v) is 5.26. The lowest BCUT2D eigenvalue weighted by Crippen LogP contribution is -2.38. The minimum absolute atomic E-state index is 0.0813. The van der Waals surface area contributed by atoms with Crippen molar-refractivity contribution in [2.75, 3.05) is 5.43 Å². The number of amides is 1. The van der Waals surface area contributed by atoms with Gasteiger partial charge in [0.15, 0.2) is 0 Å². The van der Waals surface area contributed by atoms with Crippen LogP contribution < -0.4 is 10.9 Å². The largest absolute Gasteiger partial charge is 0.389 e. The zero-order valence-electron chi connectivity index (χ0n) is 12.6. The van der Waals surface area contributed by atoms with Gasteiger partial charge in [-0.3, -0.25) is 15.6 Å². The van der Waals surface area contributed by atoms with Gasteiger partial charge in [-0.2, -0.15) is 5.26 Å². The molecule has 0 bridgehead atoms. The molecule has 0 saturated carbocycles. The molecular weight excluding hydrogens is 266 g/mol. The van der Waals surface area contributed by atoms with E-state index in [9.17, 15) is 9.90 Å². The number of hydrazine groups is 1. The minimum atomic E-state index is -0.931. The Kier molecular flexibility index (Phi) is 6.70. The highest BCUT2D eigenvalue weighted by Gasteiger charge is 2.28. The SMILES string of the molecule is CCCC(O)(CCC)CC(=O)NNc1ccc(C#N)cc1. The fraction of sp³-hybridized carbons (Fsp3) is 0.500. The number of anilines is 1. The summed E-state index contributed by atoms with van der Waals surface area (Å²) in [7, 11) is 0. The van der Waals surface area contributed by atoms with Gasteiger partial charge in [0.05, 0.1) is 29.3 Å². The monoisotopic (exact) mass is 289 g/mol. The average molecular weight is 289 g/mol. The molecule has 1 aromatic carbocycles. The third kappa shape index (κ3) is 5.84. The maximum absolute atomic E-state index is 11.9. The molecule has 21 heavy (non-hydrogen) atoms. The van der Waals surface area contributed by atoms with E-state index in [2.05, 4.69) is 10.9 Å². The van der Waals surface area contributed by atoms with Gasteiger partial charge in [0, 0.05) is 0 Å². The Morgan fingerprint density at radius 2 is 1.81 bits per heavy atom. The lowest BCUT2D eigenvalue weighted by atomic mass is 9.89. The molecule has 5 nitrogen and oxygen atoms in total. The summed E-state index contributed by atoms with van der Waals surface area (Å²) in [4.78, 5) is 11.9. The van der Waals surface area contributed by atoms with Crippen molar-refractivity contribution >= 4 is 11.6 Å². The molecule has 5 heteroatoms. The van der Waals surface area contributed by atoms with Crippen LogP contribution in [-0.2, 0) is 4.79 Å². The molecule has 0 atom stereocenters. The van der Waals surface area contributed by atoms with Crippen molar-refractivity contribution in [3.05, 3.63) is 29.8 Å². The molecule has 0 radical (unpaired) electrons. The molecule has 0 heterocycles. The molecule has 0 aliphatic heterocycles. The van der Waals surface area contributed by atoms with Gasteiger partial charge in [0.25, 0.3) is 0 Å². The van der Waals surface area contributed by atoms with Crippen LogP contribution in [0.3, 0.4) is 0 Å². The van der Waals surface area contributed by atoms with Gasteiger partial charge in [-0.05, 0) is 37.1 Å². The molecule has 0 saturated heterocycles. The van der Waals surface area contributed by atoms with E-state index in [1.54, 1.807) is 24.3 Å². The summed E-state index contributed by atoms with van der Waals surface area (Å²) in [5.74, 6) is -0.247. The Bertz CT molecular complexity index is 485. The molecule has 0 spiro atoms. The van der Waals surface area contributed by atoms with Gasteiger partial charge in [-0.25, -0.2) is 0 Å². The number of nitriles is 1. The van der Waals surface area contributed by atoms with E-state index < -0.39 is 5.60 Å². The van der Waals surface area contributed by atoms with E-state index in [4.69, 9.17) is 5.26 Å². The van der Waals surface area contributed by atoms with E-state index in [0.717, 1.165) is 12.8 Å². The molecular formula is C16H23N3O2. The maximum Gasteiger partial charge on any atom is 0.241 e. The number of nitrogens with one attached hydrogen (secondary N) is 2. The van der Waals surface area contributed by atoms with Crippen LogP contribution in [0.5, 0.6) is 0 Å². The van der Waals surface area contributed by atoms with Crippen molar-refractivity contribution in [1.82, 2.24) is 5.43 Å². The summed E-state index contributed by atoms with van der Waals surface area (Å²) in [6.07, 6.45) is 2.99. The highest BCUT2D eigenvalue weighted by molar-refractivity contribution is 5.78. The molecule has 114 valence electrons. The second-order valence-electron chi connectivity index (χ2n) is 5.26. The Labute approximate surface area is 125 Å². The number of carbonyl (C=O) groups excluding carboxylic acids is 1. The molecule has 0 fully saturated rings. The number of hydrogen-bond acceptors (Lipinski definition) is 4. The van der Waals surface area contributed by atoms with Crippen LogP contribution in [0.15, 0.2) is 24.3 Å².